The summed E-state index contributed by atoms with van der Waals surface area (Å²) in [5.74, 6) is 0.440. The van der Waals surface area contributed by atoms with Gasteiger partial charge in [-0.2, -0.15) is 0 Å². The summed E-state index contributed by atoms with van der Waals surface area (Å²) in [6.45, 7) is 6.78. The Morgan fingerprint density at radius 2 is 2.00 bits per heavy atom. The SMILES string of the molecule is CCC(CC)N(CCO)C(=O)C1C(C)CCCC1N. The van der Waals surface area contributed by atoms with E-state index in [4.69, 9.17) is 5.73 Å². The number of hydrogen-bond donors (Lipinski definition) is 2. The summed E-state index contributed by atoms with van der Waals surface area (Å²) in [4.78, 5) is 14.7. The van der Waals surface area contributed by atoms with Gasteiger partial charge in [-0.15, -0.1) is 0 Å². The van der Waals surface area contributed by atoms with Crippen molar-refractivity contribution in [3.8, 4) is 0 Å². The van der Waals surface area contributed by atoms with E-state index in [2.05, 4.69) is 20.8 Å². The van der Waals surface area contributed by atoms with Crippen LogP contribution in [0.4, 0.5) is 0 Å². The van der Waals surface area contributed by atoms with E-state index in [-0.39, 0.29) is 30.5 Å². The first-order valence-corrected chi connectivity index (χ1v) is 7.73. The van der Waals surface area contributed by atoms with Crippen molar-refractivity contribution in [1.29, 1.82) is 0 Å². The zero-order valence-electron chi connectivity index (χ0n) is 12.6. The van der Waals surface area contributed by atoms with E-state index < -0.39 is 0 Å². The zero-order valence-corrected chi connectivity index (χ0v) is 12.6. The molecule has 1 aliphatic carbocycles. The molecule has 3 atom stereocenters. The van der Waals surface area contributed by atoms with E-state index in [9.17, 15) is 9.90 Å². The molecule has 3 unspecified atom stereocenters. The molecule has 0 aromatic carbocycles. The van der Waals surface area contributed by atoms with E-state index >= 15 is 0 Å². The average molecular weight is 270 g/mol. The maximum Gasteiger partial charge on any atom is 0.227 e. The monoisotopic (exact) mass is 270 g/mol. The fraction of sp³-hybridized carbons (Fsp3) is 0.933. The van der Waals surface area contributed by atoms with Crippen LogP contribution >= 0.6 is 0 Å². The lowest BCUT2D eigenvalue weighted by Gasteiger charge is -2.39. The largest absolute Gasteiger partial charge is 0.395 e. The molecular formula is C15H30N2O2. The third kappa shape index (κ3) is 3.93. The molecular weight excluding hydrogens is 240 g/mol. The Labute approximate surface area is 117 Å². The molecule has 0 saturated heterocycles. The molecule has 0 radical (unpaired) electrons. The second kappa shape index (κ2) is 7.85. The van der Waals surface area contributed by atoms with Gasteiger partial charge in [0.1, 0.15) is 0 Å². The van der Waals surface area contributed by atoms with E-state index in [0.717, 1.165) is 32.1 Å². The van der Waals surface area contributed by atoms with Gasteiger partial charge in [-0.05, 0) is 31.6 Å². The summed E-state index contributed by atoms with van der Waals surface area (Å²) in [6.07, 6.45) is 5.00. The van der Waals surface area contributed by atoms with Crippen LogP contribution in [-0.4, -0.2) is 41.1 Å². The Hall–Kier alpha value is -0.610. The van der Waals surface area contributed by atoms with E-state index in [0.29, 0.717) is 12.5 Å². The highest BCUT2D eigenvalue weighted by Crippen LogP contribution is 2.31. The Balaban J connectivity index is 2.84. The minimum absolute atomic E-state index is 0.0215. The third-order valence-corrected chi connectivity index (χ3v) is 4.56. The van der Waals surface area contributed by atoms with Gasteiger partial charge in [0.05, 0.1) is 12.5 Å². The Bertz CT molecular complexity index is 269. The maximum atomic E-state index is 12.8. The first kappa shape index (κ1) is 16.4. The van der Waals surface area contributed by atoms with Crippen molar-refractivity contribution in [2.24, 2.45) is 17.6 Å². The molecule has 1 fully saturated rings. The van der Waals surface area contributed by atoms with Gasteiger partial charge in [0, 0.05) is 18.6 Å². The van der Waals surface area contributed by atoms with Gasteiger partial charge in [0.2, 0.25) is 5.91 Å². The van der Waals surface area contributed by atoms with Crippen LogP contribution in [0.1, 0.15) is 52.9 Å². The summed E-state index contributed by atoms with van der Waals surface area (Å²) < 4.78 is 0. The molecule has 0 bridgehead atoms. The number of hydrogen-bond acceptors (Lipinski definition) is 3. The van der Waals surface area contributed by atoms with Crippen LogP contribution in [-0.2, 0) is 4.79 Å². The quantitative estimate of drug-likeness (QED) is 0.773. The second-order valence-electron chi connectivity index (χ2n) is 5.82. The van der Waals surface area contributed by atoms with Crippen molar-refractivity contribution >= 4 is 5.91 Å². The molecule has 1 aliphatic rings. The predicted octanol–water partition coefficient (Wildman–Crippen LogP) is 1.76. The van der Waals surface area contributed by atoms with Crippen LogP contribution in [0, 0.1) is 11.8 Å². The van der Waals surface area contributed by atoms with E-state index in [1.54, 1.807) is 0 Å². The van der Waals surface area contributed by atoms with Crippen molar-refractivity contribution in [2.45, 2.75) is 65.0 Å². The maximum absolute atomic E-state index is 12.8. The number of rotatable bonds is 6. The lowest BCUT2D eigenvalue weighted by atomic mass is 9.76. The topological polar surface area (TPSA) is 66.6 Å². The van der Waals surface area contributed by atoms with Crippen molar-refractivity contribution in [2.75, 3.05) is 13.2 Å². The first-order valence-electron chi connectivity index (χ1n) is 7.73. The molecule has 0 aromatic rings. The van der Waals surface area contributed by atoms with Crippen molar-refractivity contribution in [1.82, 2.24) is 4.90 Å². The van der Waals surface area contributed by atoms with Crippen LogP contribution in [0.3, 0.4) is 0 Å². The van der Waals surface area contributed by atoms with Gasteiger partial charge in [-0.3, -0.25) is 4.79 Å². The minimum Gasteiger partial charge on any atom is -0.395 e. The molecule has 19 heavy (non-hydrogen) atoms. The first-order chi connectivity index (χ1) is 9.06. The number of aliphatic hydroxyl groups is 1. The molecule has 4 nitrogen and oxygen atoms in total. The van der Waals surface area contributed by atoms with Crippen LogP contribution in [0.15, 0.2) is 0 Å². The van der Waals surface area contributed by atoms with Crippen molar-refractivity contribution in [3.05, 3.63) is 0 Å². The lowest BCUT2D eigenvalue weighted by molar-refractivity contribution is -0.142. The molecule has 0 aliphatic heterocycles. The highest BCUT2D eigenvalue weighted by Gasteiger charge is 2.37. The molecule has 0 aromatic heterocycles. The van der Waals surface area contributed by atoms with Crippen LogP contribution in [0.5, 0.6) is 0 Å². The summed E-state index contributed by atoms with van der Waals surface area (Å²) in [7, 11) is 0. The summed E-state index contributed by atoms with van der Waals surface area (Å²) in [5, 5.41) is 9.23. The van der Waals surface area contributed by atoms with Gasteiger partial charge in [0.15, 0.2) is 0 Å². The average Bonchev–Trinajstić information content (AvgIpc) is 2.38. The third-order valence-electron chi connectivity index (χ3n) is 4.56. The molecule has 1 saturated carbocycles. The summed E-state index contributed by atoms with van der Waals surface area (Å²) >= 11 is 0. The van der Waals surface area contributed by atoms with Crippen molar-refractivity contribution < 1.29 is 9.90 Å². The predicted molar refractivity (Wildman–Crippen MR) is 77.6 cm³/mol. The van der Waals surface area contributed by atoms with Crippen LogP contribution in [0.25, 0.3) is 0 Å². The highest BCUT2D eigenvalue weighted by atomic mass is 16.3. The zero-order chi connectivity index (χ0) is 14.4. The number of carbonyl (C=O) groups excluding carboxylic acids is 1. The van der Waals surface area contributed by atoms with Gasteiger partial charge >= 0.3 is 0 Å². The summed E-state index contributed by atoms with van der Waals surface area (Å²) in [5.41, 5.74) is 6.18. The lowest BCUT2D eigenvalue weighted by Crippen LogP contribution is -2.52. The fourth-order valence-electron chi connectivity index (χ4n) is 3.38. The Kier molecular flexibility index (Phi) is 6.80. The molecule has 112 valence electrons. The Morgan fingerprint density at radius 1 is 1.37 bits per heavy atom. The van der Waals surface area contributed by atoms with Crippen LogP contribution < -0.4 is 5.73 Å². The van der Waals surface area contributed by atoms with Crippen LogP contribution in [0.2, 0.25) is 0 Å². The van der Waals surface area contributed by atoms with Gasteiger partial charge in [0.25, 0.3) is 0 Å². The van der Waals surface area contributed by atoms with Gasteiger partial charge in [-0.1, -0.05) is 27.2 Å². The molecule has 1 amide bonds. The normalized spacial score (nSPS) is 27.6. The second-order valence-corrected chi connectivity index (χ2v) is 5.82. The molecule has 1 rings (SSSR count). The molecule has 0 heterocycles. The Morgan fingerprint density at radius 3 is 2.47 bits per heavy atom. The van der Waals surface area contributed by atoms with Gasteiger partial charge < -0.3 is 15.7 Å². The number of nitrogens with zero attached hydrogens (tertiary/aromatic N) is 1. The molecule has 0 spiro atoms. The molecule has 3 N–H and O–H groups in total. The van der Waals surface area contributed by atoms with Gasteiger partial charge in [-0.25, -0.2) is 0 Å². The minimum atomic E-state index is -0.0686. The number of carbonyl (C=O) groups is 1. The fourth-order valence-corrected chi connectivity index (χ4v) is 3.38. The smallest absolute Gasteiger partial charge is 0.227 e. The van der Waals surface area contributed by atoms with E-state index in [1.165, 1.54) is 0 Å². The number of amides is 1. The van der Waals surface area contributed by atoms with Crippen molar-refractivity contribution in [3.63, 3.8) is 0 Å². The summed E-state index contributed by atoms with van der Waals surface area (Å²) in [6, 6.07) is 0.202. The highest BCUT2D eigenvalue weighted by molar-refractivity contribution is 5.80. The molecule has 4 heteroatoms. The standard InChI is InChI=1S/C15H30N2O2/c1-4-12(5-2)17(9-10-18)15(19)14-11(3)7-6-8-13(14)16/h11-14,18H,4-10,16H2,1-3H3. The van der Waals surface area contributed by atoms with E-state index in [1.807, 2.05) is 4.90 Å². The number of aliphatic hydroxyl groups excluding tert-OH is 1. The number of nitrogens with two attached hydrogens (primary N) is 1.